The number of nitrogens with one attached hydrogen (secondary N) is 1. The molecule has 0 bridgehead atoms. The molecule has 2 aliphatic heterocycles. The topological polar surface area (TPSA) is 33.6 Å². The Balaban J connectivity index is 2.20. The van der Waals surface area contributed by atoms with Gasteiger partial charge in [-0.3, -0.25) is 4.99 Å². The molecule has 0 aromatic carbocycles. The first kappa shape index (κ1) is 11.1. The molecule has 2 rings (SSSR count). The third kappa shape index (κ3) is 2.09. The van der Waals surface area contributed by atoms with Crippen LogP contribution in [-0.4, -0.2) is 18.9 Å². The lowest BCUT2D eigenvalue weighted by Gasteiger charge is -2.23. The van der Waals surface area contributed by atoms with E-state index < -0.39 is 0 Å². The third-order valence-electron chi connectivity index (χ3n) is 3.08. The van der Waals surface area contributed by atoms with Gasteiger partial charge in [0.1, 0.15) is 0 Å². The SMILES string of the molecule is C=CN=C1C(C2CCOCC2)=CN/C1=C/C. The van der Waals surface area contributed by atoms with Gasteiger partial charge < -0.3 is 10.1 Å². The molecule has 3 heteroatoms. The van der Waals surface area contributed by atoms with Crippen LogP contribution in [0.4, 0.5) is 0 Å². The second-order valence-electron chi connectivity index (χ2n) is 3.99. The monoisotopic (exact) mass is 218 g/mol. The zero-order chi connectivity index (χ0) is 11.4. The van der Waals surface area contributed by atoms with Crippen molar-refractivity contribution >= 4 is 5.71 Å². The van der Waals surface area contributed by atoms with Crippen LogP contribution >= 0.6 is 0 Å². The van der Waals surface area contributed by atoms with Gasteiger partial charge in [0.05, 0.1) is 11.4 Å². The van der Waals surface area contributed by atoms with Crippen molar-refractivity contribution < 1.29 is 4.74 Å². The first-order valence-electron chi connectivity index (χ1n) is 5.77. The molecule has 0 amide bonds. The quantitative estimate of drug-likeness (QED) is 0.772. The second-order valence-corrected chi connectivity index (χ2v) is 3.99. The Bertz CT molecular complexity index is 360. The summed E-state index contributed by atoms with van der Waals surface area (Å²) in [7, 11) is 0. The van der Waals surface area contributed by atoms with E-state index in [-0.39, 0.29) is 0 Å². The average molecular weight is 218 g/mol. The molecule has 0 radical (unpaired) electrons. The number of hydrogen-bond acceptors (Lipinski definition) is 3. The smallest absolute Gasteiger partial charge is 0.0909 e. The van der Waals surface area contributed by atoms with Gasteiger partial charge >= 0.3 is 0 Å². The Labute approximate surface area is 96.6 Å². The molecule has 1 saturated heterocycles. The van der Waals surface area contributed by atoms with Gasteiger partial charge in [-0.05, 0) is 31.3 Å². The molecule has 1 N–H and O–H groups in total. The van der Waals surface area contributed by atoms with Crippen LogP contribution in [0.1, 0.15) is 19.8 Å². The van der Waals surface area contributed by atoms with Crippen LogP contribution < -0.4 is 5.32 Å². The van der Waals surface area contributed by atoms with Crippen molar-refractivity contribution in [1.29, 1.82) is 0 Å². The van der Waals surface area contributed by atoms with Crippen LogP contribution in [-0.2, 0) is 4.74 Å². The van der Waals surface area contributed by atoms with E-state index in [4.69, 9.17) is 4.74 Å². The third-order valence-corrected chi connectivity index (χ3v) is 3.08. The minimum atomic E-state index is 0.567. The molecule has 0 aromatic heterocycles. The van der Waals surface area contributed by atoms with Gasteiger partial charge in [0.25, 0.3) is 0 Å². The minimum Gasteiger partial charge on any atom is -0.381 e. The maximum atomic E-state index is 5.39. The van der Waals surface area contributed by atoms with Gasteiger partial charge in [-0.15, -0.1) is 0 Å². The number of nitrogens with zero attached hydrogens (tertiary/aromatic N) is 1. The van der Waals surface area contributed by atoms with Crippen molar-refractivity contribution in [2.45, 2.75) is 19.8 Å². The molecule has 0 aromatic rings. The van der Waals surface area contributed by atoms with Gasteiger partial charge in [-0.2, -0.15) is 0 Å². The Morgan fingerprint density at radius 2 is 2.25 bits per heavy atom. The van der Waals surface area contributed by atoms with Crippen LogP contribution in [0.3, 0.4) is 0 Å². The summed E-state index contributed by atoms with van der Waals surface area (Å²) in [4.78, 5) is 4.37. The van der Waals surface area contributed by atoms with E-state index in [9.17, 15) is 0 Å². The molecular weight excluding hydrogens is 200 g/mol. The van der Waals surface area contributed by atoms with E-state index in [2.05, 4.69) is 23.1 Å². The fourth-order valence-corrected chi connectivity index (χ4v) is 2.22. The first-order chi connectivity index (χ1) is 7.86. The molecule has 1 fully saturated rings. The molecule has 16 heavy (non-hydrogen) atoms. The van der Waals surface area contributed by atoms with Gasteiger partial charge in [-0.1, -0.05) is 12.7 Å². The van der Waals surface area contributed by atoms with Crippen molar-refractivity contribution in [1.82, 2.24) is 5.32 Å². The van der Waals surface area contributed by atoms with Gasteiger partial charge in [0.15, 0.2) is 0 Å². The highest BCUT2D eigenvalue weighted by Gasteiger charge is 2.26. The highest BCUT2D eigenvalue weighted by atomic mass is 16.5. The fraction of sp³-hybridized carbons (Fsp3) is 0.462. The van der Waals surface area contributed by atoms with Crippen LogP contribution in [0.5, 0.6) is 0 Å². The maximum absolute atomic E-state index is 5.39. The molecule has 0 spiro atoms. The highest BCUT2D eigenvalue weighted by Crippen LogP contribution is 2.28. The van der Waals surface area contributed by atoms with Gasteiger partial charge in [-0.25, -0.2) is 0 Å². The lowest BCUT2D eigenvalue weighted by atomic mass is 9.89. The predicted octanol–water partition coefficient (Wildman–Crippen LogP) is 2.39. The summed E-state index contributed by atoms with van der Waals surface area (Å²) < 4.78 is 5.39. The number of hydrogen-bond donors (Lipinski definition) is 1. The summed E-state index contributed by atoms with van der Waals surface area (Å²) in [5, 5.41) is 3.27. The molecule has 2 heterocycles. The number of aliphatic imine (C=N–C) groups is 1. The highest BCUT2D eigenvalue weighted by molar-refractivity contribution is 6.14. The lowest BCUT2D eigenvalue weighted by Crippen LogP contribution is -2.20. The largest absolute Gasteiger partial charge is 0.381 e. The summed E-state index contributed by atoms with van der Waals surface area (Å²) in [6.07, 6.45) is 7.90. The van der Waals surface area contributed by atoms with Crippen molar-refractivity contribution in [3.8, 4) is 0 Å². The number of rotatable bonds is 2. The van der Waals surface area contributed by atoms with Crippen LogP contribution in [0.15, 0.2) is 41.3 Å². The summed E-state index contributed by atoms with van der Waals surface area (Å²) in [6.45, 7) is 7.41. The summed E-state index contributed by atoms with van der Waals surface area (Å²) in [6, 6.07) is 0. The van der Waals surface area contributed by atoms with Crippen molar-refractivity contribution in [3.05, 3.63) is 36.3 Å². The fourth-order valence-electron chi connectivity index (χ4n) is 2.22. The van der Waals surface area contributed by atoms with E-state index in [1.807, 2.05) is 13.0 Å². The Morgan fingerprint density at radius 1 is 1.50 bits per heavy atom. The molecule has 0 aliphatic carbocycles. The molecular formula is C13H18N2O. The standard InChI is InChI=1S/C13H18N2O/c1-3-12-13(14-4-2)11(9-15-12)10-5-7-16-8-6-10/h3-4,9-10,15H,2,5-8H2,1H3/b12-3+,14-13?. The molecule has 0 saturated carbocycles. The Hall–Kier alpha value is -1.35. The van der Waals surface area contributed by atoms with E-state index in [0.717, 1.165) is 37.5 Å². The van der Waals surface area contributed by atoms with E-state index in [0.29, 0.717) is 5.92 Å². The summed E-state index contributed by atoms with van der Waals surface area (Å²) in [5.74, 6) is 0.567. The van der Waals surface area contributed by atoms with Crippen LogP contribution in [0, 0.1) is 5.92 Å². The van der Waals surface area contributed by atoms with Gasteiger partial charge in [0.2, 0.25) is 0 Å². The zero-order valence-electron chi connectivity index (χ0n) is 9.70. The van der Waals surface area contributed by atoms with Crippen molar-refractivity contribution in [2.24, 2.45) is 10.9 Å². The molecule has 3 nitrogen and oxygen atoms in total. The van der Waals surface area contributed by atoms with Crippen LogP contribution in [0.2, 0.25) is 0 Å². The van der Waals surface area contributed by atoms with E-state index >= 15 is 0 Å². The minimum absolute atomic E-state index is 0.567. The second kappa shape index (κ2) is 5.12. The lowest BCUT2D eigenvalue weighted by molar-refractivity contribution is 0.0771. The molecule has 86 valence electrons. The van der Waals surface area contributed by atoms with Crippen molar-refractivity contribution in [2.75, 3.05) is 13.2 Å². The van der Waals surface area contributed by atoms with Gasteiger partial charge in [0, 0.05) is 25.6 Å². The van der Waals surface area contributed by atoms with E-state index in [1.54, 1.807) is 6.20 Å². The zero-order valence-corrected chi connectivity index (χ0v) is 9.70. The Kier molecular flexibility index (Phi) is 3.57. The summed E-state index contributed by atoms with van der Waals surface area (Å²) in [5.41, 5.74) is 3.43. The van der Waals surface area contributed by atoms with Crippen molar-refractivity contribution in [3.63, 3.8) is 0 Å². The Morgan fingerprint density at radius 3 is 2.88 bits per heavy atom. The first-order valence-corrected chi connectivity index (χ1v) is 5.77. The van der Waals surface area contributed by atoms with Crippen LogP contribution in [0.25, 0.3) is 0 Å². The number of allylic oxidation sites excluding steroid dienone is 2. The summed E-state index contributed by atoms with van der Waals surface area (Å²) >= 11 is 0. The average Bonchev–Trinajstić information content (AvgIpc) is 2.74. The molecule has 2 aliphatic rings. The molecule has 0 atom stereocenters. The normalized spacial score (nSPS) is 26.9. The molecule has 0 unspecified atom stereocenters. The maximum Gasteiger partial charge on any atom is 0.0909 e. The number of ether oxygens (including phenoxy) is 1. The van der Waals surface area contributed by atoms with E-state index in [1.165, 1.54) is 5.57 Å². The predicted molar refractivity (Wildman–Crippen MR) is 66.2 cm³/mol.